The lowest BCUT2D eigenvalue weighted by atomic mass is 9.94. The number of carbonyl (C=O) groups is 1. The molecule has 34 heavy (non-hydrogen) atoms. The van der Waals surface area contributed by atoms with Crippen molar-refractivity contribution in [3.63, 3.8) is 0 Å². The summed E-state index contributed by atoms with van der Waals surface area (Å²) in [5.41, 5.74) is 4.81. The summed E-state index contributed by atoms with van der Waals surface area (Å²) in [4.78, 5) is 16.4. The summed E-state index contributed by atoms with van der Waals surface area (Å²) in [6, 6.07) is 8.81. The normalized spacial score (nSPS) is 23.7. The van der Waals surface area contributed by atoms with Gasteiger partial charge >= 0.3 is 5.97 Å². The number of hydrogen-bond acceptors (Lipinski definition) is 7. The largest absolute Gasteiger partial charge is 0.457 e. The Bertz CT molecular complexity index is 1180. The standard InChI is InChI=1S/C26H28FN3O4/c1-15-18(3-4-20-22(15)14-34-26(20)32)24(31)11-29-7-8-30-12-25(33-13-17(30)10-29)19-5-6-23(27)21(9-28)16(19)2/h3-6,17,24-25,31H,7-8,10-14H2,1-2H3/t17-,24-,25+/m0/s1. The third-order valence-electron chi connectivity index (χ3n) is 7.49. The Balaban J connectivity index is 1.22. The van der Waals surface area contributed by atoms with Gasteiger partial charge in [0.2, 0.25) is 0 Å². The lowest BCUT2D eigenvalue weighted by Gasteiger charge is -2.46. The van der Waals surface area contributed by atoms with Gasteiger partial charge in [-0.2, -0.15) is 5.26 Å². The smallest absolute Gasteiger partial charge is 0.338 e. The summed E-state index contributed by atoms with van der Waals surface area (Å²) in [7, 11) is 0. The molecule has 3 aliphatic heterocycles. The van der Waals surface area contributed by atoms with Gasteiger partial charge in [-0.3, -0.25) is 9.80 Å². The van der Waals surface area contributed by atoms with Gasteiger partial charge in [-0.15, -0.1) is 0 Å². The van der Waals surface area contributed by atoms with E-state index in [1.807, 2.05) is 19.1 Å². The van der Waals surface area contributed by atoms with E-state index in [0.717, 1.165) is 41.9 Å². The van der Waals surface area contributed by atoms with Crippen LogP contribution in [0.2, 0.25) is 0 Å². The number of benzene rings is 2. The number of nitrogens with zero attached hydrogens (tertiary/aromatic N) is 3. The van der Waals surface area contributed by atoms with Crippen LogP contribution in [0.5, 0.6) is 0 Å². The highest BCUT2D eigenvalue weighted by Gasteiger charge is 2.36. The number of rotatable bonds is 4. The lowest BCUT2D eigenvalue weighted by molar-refractivity contribution is -0.0939. The van der Waals surface area contributed by atoms with Crippen molar-refractivity contribution < 1.29 is 23.8 Å². The van der Waals surface area contributed by atoms with Gasteiger partial charge in [0.05, 0.1) is 29.9 Å². The Hall–Kier alpha value is -2.83. The van der Waals surface area contributed by atoms with Crippen LogP contribution in [0.4, 0.5) is 4.39 Å². The minimum Gasteiger partial charge on any atom is -0.457 e. The molecule has 8 heteroatoms. The van der Waals surface area contributed by atoms with Crippen LogP contribution in [-0.2, 0) is 16.1 Å². The highest BCUT2D eigenvalue weighted by atomic mass is 19.1. The zero-order chi connectivity index (χ0) is 24.0. The fraction of sp³-hybridized carbons (Fsp3) is 0.462. The van der Waals surface area contributed by atoms with Crippen LogP contribution in [0, 0.1) is 31.0 Å². The van der Waals surface area contributed by atoms with Crippen LogP contribution in [0.3, 0.4) is 0 Å². The fourth-order valence-electron chi connectivity index (χ4n) is 5.45. The molecule has 0 amide bonds. The summed E-state index contributed by atoms with van der Waals surface area (Å²) < 4.78 is 25.2. The molecule has 2 saturated heterocycles. The van der Waals surface area contributed by atoms with E-state index in [-0.39, 0.29) is 30.3 Å². The number of aliphatic hydroxyl groups excluding tert-OH is 1. The second-order valence-electron chi connectivity index (χ2n) is 9.38. The van der Waals surface area contributed by atoms with Crippen LogP contribution in [0.25, 0.3) is 0 Å². The zero-order valence-electron chi connectivity index (χ0n) is 19.4. The van der Waals surface area contributed by atoms with Crippen molar-refractivity contribution in [3.8, 4) is 6.07 Å². The van der Waals surface area contributed by atoms with E-state index in [1.54, 1.807) is 19.1 Å². The molecule has 7 nitrogen and oxygen atoms in total. The number of nitriles is 1. The van der Waals surface area contributed by atoms with Gasteiger partial charge in [0.25, 0.3) is 0 Å². The third kappa shape index (κ3) is 3.99. The fourth-order valence-corrected chi connectivity index (χ4v) is 5.45. The molecule has 2 aromatic carbocycles. The second kappa shape index (κ2) is 9.08. The molecule has 1 N–H and O–H groups in total. The van der Waals surface area contributed by atoms with Gasteiger partial charge < -0.3 is 14.6 Å². The minimum absolute atomic E-state index is 0.0832. The summed E-state index contributed by atoms with van der Waals surface area (Å²) in [5, 5.41) is 20.2. The van der Waals surface area contributed by atoms with E-state index in [2.05, 4.69) is 9.80 Å². The topological polar surface area (TPSA) is 86.0 Å². The van der Waals surface area contributed by atoms with Crippen LogP contribution < -0.4 is 0 Å². The molecule has 0 bridgehead atoms. The number of halogens is 1. The maximum absolute atomic E-state index is 13.9. The zero-order valence-corrected chi connectivity index (χ0v) is 19.4. The Morgan fingerprint density at radius 1 is 1.21 bits per heavy atom. The molecule has 0 saturated carbocycles. The number of ether oxygens (including phenoxy) is 2. The van der Waals surface area contributed by atoms with Crippen LogP contribution in [0.15, 0.2) is 24.3 Å². The molecule has 0 aromatic heterocycles. The third-order valence-corrected chi connectivity index (χ3v) is 7.49. The number of piperazine rings is 1. The molecule has 2 fully saturated rings. The van der Waals surface area contributed by atoms with Crippen LogP contribution >= 0.6 is 0 Å². The maximum Gasteiger partial charge on any atom is 0.338 e. The summed E-state index contributed by atoms with van der Waals surface area (Å²) in [6.07, 6.45) is -0.851. The van der Waals surface area contributed by atoms with Crippen molar-refractivity contribution in [3.05, 3.63) is 69.0 Å². The molecular weight excluding hydrogens is 437 g/mol. The first-order chi connectivity index (χ1) is 16.4. The molecule has 2 aromatic rings. The molecule has 3 atom stereocenters. The SMILES string of the molecule is Cc1c([C@H]2CN3CCN(C[C@H](O)c4ccc5c(c4C)COC5=O)C[C@H]3CO2)ccc(F)c1C#N. The van der Waals surface area contributed by atoms with E-state index >= 15 is 0 Å². The molecule has 178 valence electrons. The van der Waals surface area contributed by atoms with Crippen molar-refractivity contribution in [1.82, 2.24) is 9.80 Å². The van der Waals surface area contributed by atoms with Crippen molar-refractivity contribution >= 4 is 5.97 Å². The first-order valence-corrected chi connectivity index (χ1v) is 11.6. The van der Waals surface area contributed by atoms with Crippen LogP contribution in [-0.4, -0.2) is 66.2 Å². The van der Waals surface area contributed by atoms with Crippen molar-refractivity contribution in [2.45, 2.75) is 38.7 Å². The number of hydrogen-bond donors (Lipinski definition) is 1. The van der Waals surface area contributed by atoms with Gasteiger partial charge in [0.15, 0.2) is 0 Å². The van der Waals surface area contributed by atoms with Gasteiger partial charge in [0, 0.05) is 44.3 Å². The predicted molar refractivity (Wildman–Crippen MR) is 122 cm³/mol. The number of cyclic esters (lactones) is 1. The Morgan fingerprint density at radius 3 is 2.82 bits per heavy atom. The quantitative estimate of drug-likeness (QED) is 0.695. The van der Waals surface area contributed by atoms with E-state index in [9.17, 15) is 19.6 Å². The first-order valence-electron chi connectivity index (χ1n) is 11.6. The number of fused-ring (bicyclic) bond motifs is 2. The Labute approximate surface area is 198 Å². The number of β-amino-alcohol motifs (C(OH)–C–C–N with tert-alkyl or cyclic N) is 1. The molecular formula is C26H28FN3O4. The van der Waals surface area contributed by atoms with E-state index in [4.69, 9.17) is 9.47 Å². The van der Waals surface area contributed by atoms with E-state index < -0.39 is 11.9 Å². The summed E-state index contributed by atoms with van der Waals surface area (Å²) in [6.45, 7) is 8.14. The molecule has 3 aliphatic rings. The molecule has 0 spiro atoms. The second-order valence-corrected chi connectivity index (χ2v) is 9.38. The highest BCUT2D eigenvalue weighted by molar-refractivity contribution is 5.93. The maximum atomic E-state index is 13.9. The molecule has 5 rings (SSSR count). The van der Waals surface area contributed by atoms with Crippen LogP contribution in [0.1, 0.15) is 55.9 Å². The van der Waals surface area contributed by atoms with Crippen molar-refractivity contribution in [2.75, 3.05) is 39.3 Å². The Morgan fingerprint density at radius 2 is 2.03 bits per heavy atom. The summed E-state index contributed by atoms with van der Waals surface area (Å²) in [5.74, 6) is -0.798. The molecule has 0 radical (unpaired) electrons. The van der Waals surface area contributed by atoms with Crippen molar-refractivity contribution in [1.29, 1.82) is 5.26 Å². The van der Waals surface area contributed by atoms with Gasteiger partial charge in [-0.1, -0.05) is 12.1 Å². The average molecular weight is 466 g/mol. The lowest BCUT2D eigenvalue weighted by Crippen LogP contribution is -2.58. The van der Waals surface area contributed by atoms with E-state index in [1.165, 1.54) is 6.07 Å². The van der Waals surface area contributed by atoms with Gasteiger partial charge in [0.1, 0.15) is 18.5 Å². The van der Waals surface area contributed by atoms with Gasteiger partial charge in [-0.25, -0.2) is 9.18 Å². The number of carbonyl (C=O) groups excluding carboxylic acids is 1. The van der Waals surface area contributed by atoms with Crippen molar-refractivity contribution in [2.24, 2.45) is 0 Å². The number of aliphatic hydroxyl groups is 1. The predicted octanol–water partition coefficient (Wildman–Crippen LogP) is 2.78. The minimum atomic E-state index is -0.656. The number of morpholine rings is 1. The van der Waals surface area contributed by atoms with Gasteiger partial charge in [-0.05, 0) is 48.2 Å². The highest BCUT2D eigenvalue weighted by Crippen LogP contribution is 2.32. The summed E-state index contributed by atoms with van der Waals surface area (Å²) >= 11 is 0. The monoisotopic (exact) mass is 465 g/mol. The first kappa shape index (κ1) is 22.9. The average Bonchev–Trinajstić information content (AvgIpc) is 3.21. The van der Waals surface area contributed by atoms with E-state index in [0.29, 0.717) is 30.8 Å². The molecule has 0 aliphatic carbocycles. The number of esters is 1. The molecule has 0 unspecified atom stereocenters. The Kier molecular flexibility index (Phi) is 6.13. The molecule has 3 heterocycles.